The first-order valence-electron chi connectivity index (χ1n) is 10.4. The number of hydrogen-bond acceptors (Lipinski definition) is 6. The molecule has 1 unspecified atom stereocenters. The minimum atomic E-state index is -2.75. The normalized spacial score (nSPS) is 21.2. The predicted octanol–water partition coefficient (Wildman–Crippen LogP) is 1.99. The van der Waals surface area contributed by atoms with Gasteiger partial charge in [0.2, 0.25) is 11.8 Å². The monoisotopic (exact) mass is 440 g/mol. The lowest BCUT2D eigenvalue weighted by atomic mass is 9.84. The largest absolute Gasteiger partial charge is 0.473 e. The zero-order valence-corrected chi connectivity index (χ0v) is 18.3. The molecular formula is C21H30F2N4O4. The molecule has 172 valence electrons. The highest BCUT2D eigenvalue weighted by Gasteiger charge is 2.45. The number of nitrogens with one attached hydrogen (secondary N) is 2. The van der Waals surface area contributed by atoms with Crippen molar-refractivity contribution < 1.29 is 27.8 Å². The molecule has 8 nitrogen and oxygen atoms in total. The van der Waals surface area contributed by atoms with E-state index in [1.807, 2.05) is 0 Å². The van der Waals surface area contributed by atoms with Crippen molar-refractivity contribution >= 4 is 17.5 Å². The number of pyridine rings is 1. The van der Waals surface area contributed by atoms with E-state index in [9.17, 15) is 18.4 Å². The van der Waals surface area contributed by atoms with Crippen LogP contribution < -0.4 is 20.3 Å². The fourth-order valence-electron chi connectivity index (χ4n) is 3.51. The maximum atomic E-state index is 13.4. The third kappa shape index (κ3) is 5.23. The topological polar surface area (TPSA) is 92.8 Å². The van der Waals surface area contributed by atoms with Crippen LogP contribution in [0.2, 0.25) is 0 Å². The zero-order chi connectivity index (χ0) is 22.8. The molecule has 2 atom stereocenters. The number of anilines is 1. The van der Waals surface area contributed by atoms with Crippen LogP contribution in [-0.4, -0.2) is 68.2 Å². The van der Waals surface area contributed by atoms with E-state index < -0.39 is 36.4 Å². The number of hydrogen-bond donors (Lipinski definition) is 2. The number of carbonyl (C=O) groups is 2. The summed E-state index contributed by atoms with van der Waals surface area (Å²) in [7, 11) is 1.54. The van der Waals surface area contributed by atoms with Crippen LogP contribution in [-0.2, 0) is 9.53 Å². The van der Waals surface area contributed by atoms with Crippen LogP contribution in [0.3, 0.4) is 0 Å². The lowest BCUT2D eigenvalue weighted by Gasteiger charge is -2.40. The third-order valence-electron chi connectivity index (χ3n) is 5.93. The van der Waals surface area contributed by atoms with Crippen molar-refractivity contribution in [1.29, 1.82) is 0 Å². The molecule has 1 aromatic rings. The first-order chi connectivity index (χ1) is 14.5. The number of halogens is 2. The SMILES string of the molecule is CNC(=O)C(C)(C)[C@H](C)NC(=O)c1ccc(N2CC(F)(F)C2)c(OCC2CCCO2)n1. The van der Waals surface area contributed by atoms with Crippen LogP contribution in [0.1, 0.15) is 44.1 Å². The minimum Gasteiger partial charge on any atom is -0.473 e. The van der Waals surface area contributed by atoms with Crippen molar-refractivity contribution in [3.8, 4) is 5.88 Å². The number of aromatic nitrogens is 1. The highest BCUT2D eigenvalue weighted by Crippen LogP contribution is 2.37. The van der Waals surface area contributed by atoms with Gasteiger partial charge in [-0.2, -0.15) is 0 Å². The second kappa shape index (κ2) is 8.94. The van der Waals surface area contributed by atoms with Gasteiger partial charge in [-0.25, -0.2) is 13.8 Å². The molecule has 0 aliphatic carbocycles. The minimum absolute atomic E-state index is 0.0814. The molecule has 10 heteroatoms. The lowest BCUT2D eigenvalue weighted by Crippen LogP contribution is -2.56. The quantitative estimate of drug-likeness (QED) is 0.642. The second-order valence-electron chi connectivity index (χ2n) is 8.67. The summed E-state index contributed by atoms with van der Waals surface area (Å²) in [6.45, 7) is 5.24. The summed E-state index contributed by atoms with van der Waals surface area (Å²) in [6.07, 6.45) is 1.70. The Kier molecular flexibility index (Phi) is 6.68. The summed E-state index contributed by atoms with van der Waals surface area (Å²) in [5.74, 6) is -3.31. The molecule has 0 aromatic carbocycles. The average Bonchev–Trinajstić information content (AvgIpc) is 3.23. The van der Waals surface area contributed by atoms with Crippen molar-refractivity contribution in [3.05, 3.63) is 17.8 Å². The molecule has 2 fully saturated rings. The smallest absolute Gasteiger partial charge is 0.282 e. The molecule has 3 heterocycles. The predicted molar refractivity (Wildman–Crippen MR) is 111 cm³/mol. The van der Waals surface area contributed by atoms with Crippen molar-refractivity contribution in [2.24, 2.45) is 5.41 Å². The van der Waals surface area contributed by atoms with Crippen molar-refractivity contribution in [3.63, 3.8) is 0 Å². The van der Waals surface area contributed by atoms with Gasteiger partial charge in [0.25, 0.3) is 11.8 Å². The average molecular weight is 440 g/mol. The Morgan fingerprint density at radius 1 is 1.39 bits per heavy atom. The number of carbonyl (C=O) groups excluding carboxylic acids is 2. The van der Waals surface area contributed by atoms with Gasteiger partial charge in [0, 0.05) is 19.7 Å². The fourth-order valence-corrected chi connectivity index (χ4v) is 3.51. The van der Waals surface area contributed by atoms with Crippen LogP contribution in [0, 0.1) is 5.41 Å². The maximum Gasteiger partial charge on any atom is 0.282 e. The van der Waals surface area contributed by atoms with E-state index >= 15 is 0 Å². The molecule has 31 heavy (non-hydrogen) atoms. The molecule has 0 radical (unpaired) electrons. The molecule has 2 aliphatic rings. The molecule has 0 saturated carbocycles. The molecule has 0 spiro atoms. The summed E-state index contributed by atoms with van der Waals surface area (Å²) in [5.41, 5.74) is -0.343. The molecule has 2 aliphatic heterocycles. The van der Waals surface area contributed by atoms with Crippen LogP contribution in [0.15, 0.2) is 12.1 Å². The number of ether oxygens (including phenoxy) is 2. The van der Waals surface area contributed by atoms with Gasteiger partial charge in [0.1, 0.15) is 18.0 Å². The third-order valence-corrected chi connectivity index (χ3v) is 5.93. The number of amides is 2. The van der Waals surface area contributed by atoms with Crippen molar-refractivity contribution in [2.45, 2.75) is 51.7 Å². The summed E-state index contributed by atoms with van der Waals surface area (Å²) in [5, 5.41) is 5.38. The highest BCUT2D eigenvalue weighted by molar-refractivity contribution is 5.94. The van der Waals surface area contributed by atoms with E-state index in [0.29, 0.717) is 12.3 Å². The summed E-state index contributed by atoms with van der Waals surface area (Å²) in [4.78, 5) is 30.6. The summed E-state index contributed by atoms with van der Waals surface area (Å²) >= 11 is 0. The van der Waals surface area contributed by atoms with Gasteiger partial charge in [-0.3, -0.25) is 9.59 Å². The Hall–Kier alpha value is -2.49. The maximum absolute atomic E-state index is 13.4. The molecule has 1 aromatic heterocycles. The van der Waals surface area contributed by atoms with Gasteiger partial charge in [0.05, 0.1) is 24.6 Å². The first-order valence-corrected chi connectivity index (χ1v) is 10.4. The van der Waals surface area contributed by atoms with Gasteiger partial charge in [-0.15, -0.1) is 0 Å². The summed E-state index contributed by atoms with van der Waals surface area (Å²) < 4.78 is 38.1. The van der Waals surface area contributed by atoms with Gasteiger partial charge < -0.3 is 25.0 Å². The Bertz CT molecular complexity index is 820. The summed E-state index contributed by atoms with van der Waals surface area (Å²) in [6, 6.07) is 2.56. The number of rotatable bonds is 8. The molecule has 0 bridgehead atoms. The standard InChI is InChI=1S/C21H30F2N4O4/c1-13(20(2,3)19(29)24-4)25-17(28)15-7-8-16(27-11-21(22,23)12-27)18(26-15)31-10-14-6-5-9-30-14/h7-8,13-14H,5-6,9-12H2,1-4H3,(H,24,29)(H,25,28)/t13-,14?/m0/s1. The van der Waals surface area contributed by atoms with Crippen LogP contribution in [0.5, 0.6) is 5.88 Å². The van der Waals surface area contributed by atoms with Crippen LogP contribution >= 0.6 is 0 Å². The Morgan fingerprint density at radius 3 is 2.68 bits per heavy atom. The highest BCUT2D eigenvalue weighted by atomic mass is 19.3. The molecular weight excluding hydrogens is 410 g/mol. The van der Waals surface area contributed by atoms with E-state index in [1.165, 1.54) is 18.0 Å². The van der Waals surface area contributed by atoms with Gasteiger partial charge in [0.15, 0.2) is 0 Å². The van der Waals surface area contributed by atoms with Crippen molar-refractivity contribution in [2.75, 3.05) is 38.3 Å². The fraction of sp³-hybridized carbons (Fsp3) is 0.667. The van der Waals surface area contributed by atoms with E-state index in [1.54, 1.807) is 26.8 Å². The Labute approximate surface area is 180 Å². The van der Waals surface area contributed by atoms with Crippen molar-refractivity contribution in [1.82, 2.24) is 15.6 Å². The zero-order valence-electron chi connectivity index (χ0n) is 18.3. The molecule has 2 amide bonds. The van der Waals surface area contributed by atoms with Gasteiger partial charge >= 0.3 is 0 Å². The number of nitrogens with zero attached hydrogens (tertiary/aromatic N) is 2. The molecule has 2 N–H and O–H groups in total. The number of alkyl halides is 2. The molecule has 2 saturated heterocycles. The first kappa shape index (κ1) is 23.2. The Morgan fingerprint density at radius 2 is 2.10 bits per heavy atom. The second-order valence-corrected chi connectivity index (χ2v) is 8.67. The van der Waals surface area contributed by atoms with Crippen LogP contribution in [0.4, 0.5) is 14.5 Å². The molecule has 3 rings (SSSR count). The van der Waals surface area contributed by atoms with Crippen LogP contribution in [0.25, 0.3) is 0 Å². The van der Waals surface area contributed by atoms with E-state index in [2.05, 4.69) is 15.6 Å². The van der Waals surface area contributed by atoms with E-state index in [4.69, 9.17) is 9.47 Å². The lowest BCUT2D eigenvalue weighted by molar-refractivity contribution is -0.129. The van der Waals surface area contributed by atoms with E-state index in [0.717, 1.165) is 12.8 Å². The van der Waals surface area contributed by atoms with Gasteiger partial charge in [-0.05, 0) is 45.7 Å². The van der Waals surface area contributed by atoms with E-state index in [-0.39, 0.29) is 30.2 Å². The Balaban J connectivity index is 1.76. The van der Waals surface area contributed by atoms with Gasteiger partial charge in [-0.1, -0.05) is 0 Å².